The molecule has 0 aromatic heterocycles. The summed E-state index contributed by atoms with van der Waals surface area (Å²) in [5.74, 6) is -3.40. The molecule has 1 N–H and O–H groups in total. The van der Waals surface area contributed by atoms with Crippen LogP contribution in [0.15, 0.2) is 23.1 Å². The van der Waals surface area contributed by atoms with Crippen LogP contribution in [0.2, 0.25) is 0 Å². The van der Waals surface area contributed by atoms with E-state index < -0.39 is 43.2 Å². The summed E-state index contributed by atoms with van der Waals surface area (Å²) in [6, 6.07) is 2.19. The molecule has 1 aromatic carbocycles. The van der Waals surface area contributed by atoms with Crippen molar-refractivity contribution in [2.45, 2.75) is 11.8 Å². The van der Waals surface area contributed by atoms with Crippen molar-refractivity contribution in [1.82, 2.24) is 4.31 Å². The van der Waals surface area contributed by atoms with Crippen LogP contribution in [0.1, 0.15) is 6.92 Å². The summed E-state index contributed by atoms with van der Waals surface area (Å²) in [5, 5.41) is 19.2. The molecule has 1 atom stereocenters. The molecular formula is C11H13FN2O6S. The van der Waals surface area contributed by atoms with Gasteiger partial charge in [0.05, 0.1) is 15.7 Å². The van der Waals surface area contributed by atoms with Gasteiger partial charge in [0.1, 0.15) is 0 Å². The fourth-order valence-electron chi connectivity index (χ4n) is 1.54. The quantitative estimate of drug-likeness (QED) is 0.619. The van der Waals surface area contributed by atoms with Crippen LogP contribution in [0.3, 0.4) is 0 Å². The average molecular weight is 320 g/mol. The number of aliphatic carboxylic acids is 1. The third kappa shape index (κ3) is 3.73. The van der Waals surface area contributed by atoms with E-state index in [1.807, 2.05) is 0 Å². The molecule has 0 aliphatic rings. The van der Waals surface area contributed by atoms with E-state index in [9.17, 15) is 27.7 Å². The lowest BCUT2D eigenvalue weighted by Crippen LogP contribution is -2.33. The standard InChI is InChI=1S/C11H13FN2O6S/c1-7(11(15)16)6-13(2)21(19,20)8-3-4-10(14(17)18)9(12)5-8/h3-5,7H,6H2,1-2H3,(H,15,16). The molecule has 8 nitrogen and oxygen atoms in total. The largest absolute Gasteiger partial charge is 0.481 e. The topological polar surface area (TPSA) is 118 Å². The zero-order valence-electron chi connectivity index (χ0n) is 11.2. The summed E-state index contributed by atoms with van der Waals surface area (Å²) in [7, 11) is -2.98. The highest BCUT2D eigenvalue weighted by atomic mass is 32.2. The molecule has 0 radical (unpaired) electrons. The predicted molar refractivity (Wildman–Crippen MR) is 69.7 cm³/mol. The van der Waals surface area contributed by atoms with Crippen LogP contribution in [-0.4, -0.2) is 42.3 Å². The fraction of sp³-hybridized carbons (Fsp3) is 0.364. The minimum Gasteiger partial charge on any atom is -0.481 e. The summed E-state index contributed by atoms with van der Waals surface area (Å²) in [4.78, 5) is 19.7. The summed E-state index contributed by atoms with van der Waals surface area (Å²) in [6.45, 7) is 1.01. The van der Waals surface area contributed by atoms with Crippen LogP contribution in [0, 0.1) is 21.8 Å². The Balaban J connectivity index is 3.11. The van der Waals surface area contributed by atoms with Gasteiger partial charge in [0, 0.05) is 25.7 Å². The first kappa shape index (κ1) is 17.0. The van der Waals surface area contributed by atoms with Crippen LogP contribution in [0.25, 0.3) is 0 Å². The van der Waals surface area contributed by atoms with Gasteiger partial charge in [-0.3, -0.25) is 14.9 Å². The van der Waals surface area contributed by atoms with Crippen LogP contribution in [0.4, 0.5) is 10.1 Å². The number of nitro groups is 1. The van der Waals surface area contributed by atoms with Gasteiger partial charge in [-0.25, -0.2) is 12.7 Å². The van der Waals surface area contributed by atoms with Gasteiger partial charge in [0.2, 0.25) is 15.8 Å². The Hall–Kier alpha value is -2.07. The number of carboxylic acids is 1. The highest BCUT2D eigenvalue weighted by molar-refractivity contribution is 7.89. The van der Waals surface area contributed by atoms with Crippen LogP contribution in [0.5, 0.6) is 0 Å². The molecule has 0 saturated heterocycles. The maximum atomic E-state index is 13.5. The normalized spacial score (nSPS) is 13.1. The minimum absolute atomic E-state index is 0.309. The molecule has 116 valence electrons. The molecule has 1 unspecified atom stereocenters. The summed E-state index contributed by atoms with van der Waals surface area (Å²) in [6.07, 6.45) is 0. The number of rotatable bonds is 6. The van der Waals surface area contributed by atoms with Gasteiger partial charge in [-0.15, -0.1) is 0 Å². The van der Waals surface area contributed by atoms with E-state index in [2.05, 4.69) is 0 Å². The second kappa shape index (κ2) is 6.14. The predicted octanol–water partition coefficient (Wildman–Crippen LogP) is 1.08. The monoisotopic (exact) mass is 320 g/mol. The van der Waals surface area contributed by atoms with Gasteiger partial charge in [0.25, 0.3) is 0 Å². The molecule has 0 bridgehead atoms. The maximum absolute atomic E-state index is 13.5. The third-order valence-corrected chi connectivity index (χ3v) is 4.60. The Morgan fingerprint density at radius 3 is 2.52 bits per heavy atom. The minimum atomic E-state index is -4.13. The van der Waals surface area contributed by atoms with E-state index in [0.29, 0.717) is 6.07 Å². The van der Waals surface area contributed by atoms with Crippen molar-refractivity contribution in [3.63, 3.8) is 0 Å². The molecule has 10 heteroatoms. The number of carboxylic acid groups (broad SMARTS) is 1. The molecule has 21 heavy (non-hydrogen) atoms. The first-order valence-electron chi connectivity index (χ1n) is 5.70. The number of nitrogens with zero attached hydrogens (tertiary/aromatic N) is 2. The van der Waals surface area contributed by atoms with Gasteiger partial charge < -0.3 is 5.11 Å². The van der Waals surface area contributed by atoms with Gasteiger partial charge in [0.15, 0.2) is 0 Å². The van der Waals surface area contributed by atoms with E-state index in [4.69, 9.17) is 5.11 Å². The van der Waals surface area contributed by atoms with Gasteiger partial charge >= 0.3 is 11.7 Å². The summed E-state index contributed by atoms with van der Waals surface area (Å²) < 4.78 is 38.5. The summed E-state index contributed by atoms with van der Waals surface area (Å²) in [5.41, 5.74) is -0.837. The Kier molecular flexibility index (Phi) is 4.97. The lowest BCUT2D eigenvalue weighted by atomic mass is 10.2. The number of hydrogen-bond donors (Lipinski definition) is 1. The molecule has 0 amide bonds. The van der Waals surface area contributed by atoms with Crippen LogP contribution < -0.4 is 0 Å². The lowest BCUT2D eigenvalue weighted by Gasteiger charge is -2.19. The Morgan fingerprint density at radius 1 is 1.52 bits per heavy atom. The van der Waals surface area contributed by atoms with Crippen molar-refractivity contribution < 1.29 is 27.6 Å². The number of halogens is 1. The number of benzene rings is 1. The Morgan fingerprint density at radius 2 is 2.10 bits per heavy atom. The Bertz CT molecular complexity index is 675. The first-order chi connectivity index (χ1) is 9.57. The van der Waals surface area contributed by atoms with Crippen molar-refractivity contribution in [2.75, 3.05) is 13.6 Å². The van der Waals surface area contributed by atoms with E-state index >= 15 is 0 Å². The smallest absolute Gasteiger partial charge is 0.307 e. The summed E-state index contributed by atoms with van der Waals surface area (Å²) >= 11 is 0. The van der Waals surface area contributed by atoms with Crippen molar-refractivity contribution in [1.29, 1.82) is 0 Å². The molecule has 0 aliphatic carbocycles. The lowest BCUT2D eigenvalue weighted by molar-refractivity contribution is -0.387. The number of carbonyl (C=O) groups is 1. The number of hydrogen-bond acceptors (Lipinski definition) is 5. The van der Waals surface area contributed by atoms with E-state index in [-0.39, 0.29) is 6.54 Å². The maximum Gasteiger partial charge on any atom is 0.307 e. The van der Waals surface area contributed by atoms with Crippen LogP contribution in [-0.2, 0) is 14.8 Å². The second-order valence-corrected chi connectivity index (χ2v) is 6.44. The van der Waals surface area contributed by atoms with Gasteiger partial charge in [-0.2, -0.15) is 4.39 Å². The van der Waals surface area contributed by atoms with E-state index in [1.165, 1.54) is 6.92 Å². The van der Waals surface area contributed by atoms with Crippen molar-refractivity contribution in [2.24, 2.45) is 5.92 Å². The third-order valence-electron chi connectivity index (χ3n) is 2.78. The molecule has 0 spiro atoms. The van der Waals surface area contributed by atoms with Crippen LogP contribution >= 0.6 is 0 Å². The molecule has 1 rings (SSSR count). The van der Waals surface area contributed by atoms with Gasteiger partial charge in [-0.1, -0.05) is 6.92 Å². The van der Waals surface area contributed by atoms with Gasteiger partial charge in [-0.05, 0) is 6.07 Å². The highest BCUT2D eigenvalue weighted by Gasteiger charge is 2.27. The Labute approximate surface area is 120 Å². The van der Waals surface area contributed by atoms with Crippen molar-refractivity contribution in [3.8, 4) is 0 Å². The molecular weight excluding hydrogens is 307 g/mol. The SMILES string of the molecule is CC(CN(C)S(=O)(=O)c1ccc([N+](=O)[O-])c(F)c1)C(=O)O. The zero-order valence-corrected chi connectivity index (χ0v) is 12.0. The molecule has 1 aromatic rings. The van der Waals surface area contributed by atoms with E-state index in [1.54, 1.807) is 0 Å². The first-order valence-corrected chi connectivity index (χ1v) is 7.14. The molecule has 0 saturated carbocycles. The molecule has 0 fully saturated rings. The van der Waals surface area contributed by atoms with Crippen molar-refractivity contribution in [3.05, 3.63) is 34.1 Å². The number of sulfonamides is 1. The fourth-order valence-corrected chi connectivity index (χ4v) is 2.81. The number of nitro benzene ring substituents is 1. The second-order valence-electron chi connectivity index (χ2n) is 4.40. The van der Waals surface area contributed by atoms with Crippen molar-refractivity contribution >= 4 is 21.7 Å². The zero-order chi connectivity index (χ0) is 16.4. The van der Waals surface area contributed by atoms with E-state index in [0.717, 1.165) is 23.5 Å². The average Bonchev–Trinajstić information content (AvgIpc) is 2.37. The molecule has 0 heterocycles. The molecule has 0 aliphatic heterocycles. The highest BCUT2D eigenvalue weighted by Crippen LogP contribution is 2.23.